The van der Waals surface area contributed by atoms with Crippen LogP contribution in [0.25, 0.3) is 0 Å². The predicted molar refractivity (Wildman–Crippen MR) is 80.7 cm³/mol. The fraction of sp³-hybridized carbons (Fsp3) is 0.429. The second-order valence-electron chi connectivity index (χ2n) is 5.03. The summed E-state index contributed by atoms with van der Waals surface area (Å²) in [6.45, 7) is 2.13. The quantitative estimate of drug-likeness (QED) is 0.633. The van der Waals surface area contributed by atoms with Gasteiger partial charge in [0.1, 0.15) is 8.07 Å². The highest BCUT2D eigenvalue weighted by Crippen LogP contribution is 2.34. The molecule has 1 aromatic rings. The molecule has 0 bridgehead atoms. The highest BCUT2D eigenvalue weighted by Gasteiger charge is 2.44. The van der Waals surface area contributed by atoms with E-state index in [9.17, 15) is 9.59 Å². The summed E-state index contributed by atoms with van der Waals surface area (Å²) in [6, 6.07) is 3.01. The first-order valence-electron chi connectivity index (χ1n) is 6.47. The lowest BCUT2D eigenvalue weighted by atomic mass is 10.1. The van der Waals surface area contributed by atoms with Crippen LogP contribution in [0, 0.1) is 0 Å². The van der Waals surface area contributed by atoms with Crippen molar-refractivity contribution in [2.75, 3.05) is 14.2 Å². The molecule has 1 aliphatic rings. The third-order valence-electron chi connectivity index (χ3n) is 3.94. The first-order valence-corrected chi connectivity index (χ1v) is 10.1. The third-order valence-corrected chi connectivity index (χ3v) is 9.38. The third kappa shape index (κ3) is 2.45. The molecule has 0 N–H and O–H groups in total. The number of carbonyl (C=O) groups is 2. The number of hydrogen-bond acceptors (Lipinski definition) is 5. The van der Waals surface area contributed by atoms with Gasteiger partial charge in [-0.15, -0.1) is 0 Å². The van der Waals surface area contributed by atoms with Crippen LogP contribution < -0.4 is 5.19 Å². The number of methoxy groups -OCH3 is 2. The van der Waals surface area contributed by atoms with E-state index in [0.717, 1.165) is 12.5 Å². The minimum Gasteiger partial charge on any atom is -0.466 e. The Morgan fingerprint density at radius 1 is 1.25 bits per heavy atom. The smallest absolute Gasteiger partial charge is 0.333 e. The number of rotatable bonds is 3. The lowest BCUT2D eigenvalue weighted by molar-refractivity contribution is -0.139. The van der Waals surface area contributed by atoms with Gasteiger partial charge in [0.25, 0.3) is 0 Å². The molecule has 0 saturated carbocycles. The van der Waals surface area contributed by atoms with Gasteiger partial charge in [0.15, 0.2) is 0 Å². The molecule has 0 aromatic carbocycles. The van der Waals surface area contributed by atoms with Crippen molar-refractivity contribution in [3.05, 3.63) is 27.6 Å². The highest BCUT2D eigenvalue weighted by atomic mass is 32.1. The average molecular weight is 310 g/mol. The number of carbonyl (C=O) groups excluding carboxylic acids is 2. The minimum atomic E-state index is -2.20. The van der Waals surface area contributed by atoms with Gasteiger partial charge < -0.3 is 9.47 Å². The molecule has 6 heteroatoms. The molecular formula is C14H18O4SSi. The monoisotopic (exact) mass is 310 g/mol. The van der Waals surface area contributed by atoms with E-state index >= 15 is 0 Å². The molecule has 20 heavy (non-hydrogen) atoms. The van der Waals surface area contributed by atoms with Gasteiger partial charge in [0.05, 0.1) is 14.2 Å². The number of hydrogen-bond donors (Lipinski definition) is 0. The predicted octanol–water partition coefficient (Wildman–Crippen LogP) is 2.01. The summed E-state index contributed by atoms with van der Waals surface area (Å²) < 4.78 is 9.79. The summed E-state index contributed by atoms with van der Waals surface area (Å²) in [5, 5.41) is 5.85. The SMILES string of the molecule is COC(=O)C1=C(C(=O)OC)[Si@](C)(c2ccsc2)CCC1. The average Bonchev–Trinajstić information content (AvgIpc) is 3.00. The van der Waals surface area contributed by atoms with Crippen LogP contribution in [-0.2, 0) is 19.1 Å². The van der Waals surface area contributed by atoms with E-state index in [2.05, 4.69) is 18.0 Å². The lowest BCUT2D eigenvalue weighted by Gasteiger charge is -2.33. The fourth-order valence-corrected chi connectivity index (χ4v) is 8.35. The molecule has 0 saturated heterocycles. The Kier molecular flexibility index (Phi) is 4.44. The van der Waals surface area contributed by atoms with Crippen LogP contribution in [0.2, 0.25) is 12.6 Å². The Balaban J connectivity index is 2.61. The van der Waals surface area contributed by atoms with E-state index in [1.165, 1.54) is 19.4 Å². The maximum absolute atomic E-state index is 12.3. The van der Waals surface area contributed by atoms with Crippen molar-refractivity contribution in [3.63, 3.8) is 0 Å². The summed E-state index contributed by atoms with van der Waals surface area (Å²) in [6.07, 6.45) is 1.49. The van der Waals surface area contributed by atoms with Crippen molar-refractivity contribution >= 4 is 36.5 Å². The van der Waals surface area contributed by atoms with E-state index in [1.54, 1.807) is 11.3 Å². The van der Waals surface area contributed by atoms with Crippen molar-refractivity contribution in [1.82, 2.24) is 0 Å². The van der Waals surface area contributed by atoms with Crippen molar-refractivity contribution in [3.8, 4) is 0 Å². The van der Waals surface area contributed by atoms with Gasteiger partial charge in [-0.2, -0.15) is 11.3 Å². The largest absolute Gasteiger partial charge is 0.466 e. The zero-order valence-electron chi connectivity index (χ0n) is 11.9. The van der Waals surface area contributed by atoms with Crippen molar-refractivity contribution in [2.45, 2.75) is 25.4 Å². The van der Waals surface area contributed by atoms with Crippen LogP contribution in [0.5, 0.6) is 0 Å². The molecule has 0 spiro atoms. The zero-order valence-corrected chi connectivity index (χ0v) is 13.7. The summed E-state index contributed by atoms with van der Waals surface area (Å²) in [5.41, 5.74) is 0.506. The summed E-state index contributed by atoms with van der Waals surface area (Å²) >= 11 is 1.61. The van der Waals surface area contributed by atoms with Gasteiger partial charge in [0, 0.05) is 10.8 Å². The van der Waals surface area contributed by atoms with Crippen molar-refractivity contribution in [2.24, 2.45) is 0 Å². The van der Waals surface area contributed by atoms with Crippen LogP contribution in [0.4, 0.5) is 0 Å². The Bertz CT molecular complexity index is 550. The molecular weight excluding hydrogens is 292 g/mol. The summed E-state index contributed by atoms with van der Waals surface area (Å²) in [4.78, 5) is 24.3. The molecule has 0 amide bonds. The molecule has 1 aliphatic heterocycles. The molecule has 0 radical (unpaired) electrons. The highest BCUT2D eigenvalue weighted by molar-refractivity contribution is 7.11. The second kappa shape index (κ2) is 5.93. The fourth-order valence-electron chi connectivity index (χ4n) is 2.85. The molecule has 2 rings (SSSR count). The van der Waals surface area contributed by atoms with E-state index in [1.807, 2.05) is 5.38 Å². The number of esters is 2. The first-order chi connectivity index (χ1) is 9.54. The van der Waals surface area contributed by atoms with Crippen LogP contribution in [0.3, 0.4) is 0 Å². The van der Waals surface area contributed by atoms with Gasteiger partial charge in [0.2, 0.25) is 0 Å². The Morgan fingerprint density at radius 3 is 2.50 bits per heavy atom. The van der Waals surface area contributed by atoms with Gasteiger partial charge in [-0.25, -0.2) is 9.59 Å². The maximum Gasteiger partial charge on any atom is 0.333 e. The standard InChI is InChI=1S/C14H18O4SSi/c1-17-13(15)11-5-4-8-20(3,10-6-7-19-9-10)12(11)14(16)18-2/h6-7,9H,4-5,8H2,1-3H3/t20-/m0/s1. The van der Waals surface area contributed by atoms with Gasteiger partial charge >= 0.3 is 11.9 Å². The molecule has 0 fully saturated rings. The van der Waals surface area contributed by atoms with Crippen LogP contribution >= 0.6 is 11.3 Å². The van der Waals surface area contributed by atoms with E-state index in [4.69, 9.17) is 9.47 Å². The molecule has 108 valence electrons. The Hall–Kier alpha value is -1.40. The Morgan fingerprint density at radius 2 is 1.95 bits per heavy atom. The van der Waals surface area contributed by atoms with E-state index in [-0.39, 0.29) is 5.97 Å². The van der Waals surface area contributed by atoms with E-state index in [0.29, 0.717) is 17.2 Å². The Labute approximate surface area is 123 Å². The van der Waals surface area contributed by atoms with Crippen molar-refractivity contribution < 1.29 is 19.1 Å². The maximum atomic E-state index is 12.3. The normalized spacial score (nSPS) is 22.6. The second-order valence-corrected chi connectivity index (χ2v) is 10.1. The van der Waals surface area contributed by atoms with E-state index < -0.39 is 14.0 Å². The van der Waals surface area contributed by atoms with Crippen molar-refractivity contribution in [1.29, 1.82) is 0 Å². The zero-order chi connectivity index (χ0) is 14.8. The van der Waals surface area contributed by atoms with Gasteiger partial charge in [-0.3, -0.25) is 0 Å². The molecule has 2 heterocycles. The topological polar surface area (TPSA) is 52.6 Å². The molecule has 0 aliphatic carbocycles. The molecule has 1 atom stereocenters. The van der Waals surface area contributed by atoms with Crippen LogP contribution in [0.15, 0.2) is 27.6 Å². The summed E-state index contributed by atoms with van der Waals surface area (Å²) in [5.74, 6) is -0.787. The number of ether oxygens (including phenoxy) is 2. The van der Waals surface area contributed by atoms with Gasteiger partial charge in [-0.1, -0.05) is 19.0 Å². The molecule has 4 nitrogen and oxygen atoms in total. The lowest BCUT2D eigenvalue weighted by Crippen LogP contribution is -2.51. The van der Waals surface area contributed by atoms with Crippen LogP contribution in [0.1, 0.15) is 12.8 Å². The van der Waals surface area contributed by atoms with Gasteiger partial charge in [-0.05, 0) is 28.4 Å². The molecule has 0 unspecified atom stereocenters. The summed E-state index contributed by atoms with van der Waals surface area (Å²) in [7, 11) is 0.511. The van der Waals surface area contributed by atoms with Crippen LogP contribution in [-0.4, -0.2) is 34.2 Å². The first kappa shape index (κ1) is 15.0. The number of thiophene rings is 1. The molecule has 1 aromatic heterocycles. The minimum absolute atomic E-state index is 0.384.